The molecule has 0 radical (unpaired) electrons. The SMILES string of the molecule is CCCCCCc1ccc2cc3sc4cc5c(cc4c3cc2c1)sc1cc2ccc(CCCCCC)cc2cc15. The van der Waals surface area contributed by atoms with E-state index < -0.39 is 0 Å². The number of unbranched alkanes of at least 4 members (excludes halogenated alkanes) is 6. The molecular weight excluding hydrogens is 521 g/mol. The molecule has 7 aromatic rings. The lowest BCUT2D eigenvalue weighted by Gasteiger charge is -2.05. The van der Waals surface area contributed by atoms with Crippen molar-refractivity contribution in [1.29, 1.82) is 0 Å². The largest absolute Gasteiger partial charge is 0.135 e. The van der Waals surface area contributed by atoms with E-state index in [-0.39, 0.29) is 0 Å². The third-order valence-corrected chi connectivity index (χ3v) is 11.0. The first kappa shape index (κ1) is 26.0. The summed E-state index contributed by atoms with van der Waals surface area (Å²) < 4.78 is 5.61. The molecule has 0 atom stereocenters. The van der Waals surface area contributed by atoms with Gasteiger partial charge in [0.15, 0.2) is 0 Å². The summed E-state index contributed by atoms with van der Waals surface area (Å²) in [5.41, 5.74) is 2.95. The average Bonchev–Trinajstić information content (AvgIpc) is 3.49. The third kappa shape index (κ3) is 4.91. The fourth-order valence-corrected chi connectivity index (χ4v) is 8.77. The second-order valence-electron chi connectivity index (χ2n) is 11.7. The van der Waals surface area contributed by atoms with Crippen molar-refractivity contribution in [1.82, 2.24) is 0 Å². The van der Waals surface area contributed by atoms with Crippen LogP contribution in [0.3, 0.4) is 0 Å². The molecule has 0 amide bonds. The van der Waals surface area contributed by atoms with E-state index >= 15 is 0 Å². The van der Waals surface area contributed by atoms with E-state index in [0.29, 0.717) is 0 Å². The molecule has 5 aromatic carbocycles. The molecule has 0 aliphatic rings. The molecule has 2 aromatic heterocycles. The Morgan fingerprint density at radius 3 is 1.27 bits per heavy atom. The van der Waals surface area contributed by atoms with Crippen molar-refractivity contribution < 1.29 is 0 Å². The molecule has 0 nitrogen and oxygen atoms in total. The molecule has 0 bridgehead atoms. The van der Waals surface area contributed by atoms with Crippen LogP contribution < -0.4 is 0 Å². The molecule has 0 unspecified atom stereocenters. The van der Waals surface area contributed by atoms with Gasteiger partial charge in [0.05, 0.1) is 0 Å². The lowest BCUT2D eigenvalue weighted by atomic mass is 9.99. The molecule has 0 fully saturated rings. The van der Waals surface area contributed by atoms with Gasteiger partial charge in [-0.3, -0.25) is 0 Å². The third-order valence-electron chi connectivity index (χ3n) is 8.75. The summed E-state index contributed by atoms with van der Waals surface area (Å²) in [4.78, 5) is 0. The molecule has 202 valence electrons. The summed E-state index contributed by atoms with van der Waals surface area (Å²) in [6.07, 6.45) is 12.9. The molecule has 2 heteroatoms. The zero-order valence-corrected chi connectivity index (χ0v) is 25.4. The predicted octanol–water partition coefficient (Wildman–Crippen LogP) is 13.0. The molecule has 7 rings (SSSR count). The summed E-state index contributed by atoms with van der Waals surface area (Å²) in [7, 11) is 0. The summed E-state index contributed by atoms with van der Waals surface area (Å²) in [6.45, 7) is 4.57. The van der Waals surface area contributed by atoms with Gasteiger partial charge in [0.1, 0.15) is 0 Å². The van der Waals surface area contributed by atoms with E-state index in [4.69, 9.17) is 0 Å². The van der Waals surface area contributed by atoms with Gasteiger partial charge in [-0.1, -0.05) is 88.8 Å². The highest BCUT2D eigenvalue weighted by Crippen LogP contribution is 2.43. The van der Waals surface area contributed by atoms with Crippen LogP contribution in [0.15, 0.2) is 72.8 Å². The lowest BCUT2D eigenvalue weighted by molar-refractivity contribution is 0.667. The molecular formula is C38H38S2. The lowest BCUT2D eigenvalue weighted by Crippen LogP contribution is -1.86. The Labute approximate surface area is 245 Å². The highest BCUT2D eigenvalue weighted by Gasteiger charge is 2.13. The van der Waals surface area contributed by atoms with E-state index in [2.05, 4.69) is 86.6 Å². The smallest absolute Gasteiger partial charge is 0.0362 e. The fraction of sp³-hybridized carbons (Fsp3) is 0.316. The van der Waals surface area contributed by atoms with Gasteiger partial charge in [-0.05, 0) is 94.8 Å². The van der Waals surface area contributed by atoms with Crippen LogP contribution in [-0.4, -0.2) is 0 Å². The van der Waals surface area contributed by atoms with Crippen LogP contribution in [0, 0.1) is 0 Å². The molecule has 0 saturated carbocycles. The van der Waals surface area contributed by atoms with Crippen LogP contribution in [0.1, 0.15) is 76.3 Å². The van der Waals surface area contributed by atoms with Gasteiger partial charge < -0.3 is 0 Å². The van der Waals surface area contributed by atoms with Crippen molar-refractivity contribution in [3.05, 3.63) is 83.9 Å². The number of thiophene rings is 2. The predicted molar refractivity (Wildman–Crippen MR) is 183 cm³/mol. The number of benzene rings is 5. The maximum Gasteiger partial charge on any atom is 0.0362 e. The van der Waals surface area contributed by atoms with Crippen LogP contribution in [0.5, 0.6) is 0 Å². The first-order valence-corrected chi connectivity index (χ1v) is 17.0. The van der Waals surface area contributed by atoms with E-state index in [1.54, 1.807) is 0 Å². The molecule has 40 heavy (non-hydrogen) atoms. The summed E-state index contributed by atoms with van der Waals surface area (Å²) >= 11 is 3.90. The van der Waals surface area contributed by atoms with Crippen molar-refractivity contribution in [2.45, 2.75) is 78.1 Å². The average molecular weight is 559 g/mol. The minimum atomic E-state index is 1.19. The molecule has 0 aliphatic heterocycles. The van der Waals surface area contributed by atoms with Crippen LogP contribution in [0.25, 0.3) is 61.9 Å². The molecule has 2 heterocycles. The number of rotatable bonds is 10. The van der Waals surface area contributed by atoms with Gasteiger partial charge in [0.2, 0.25) is 0 Å². The van der Waals surface area contributed by atoms with E-state index in [1.807, 2.05) is 22.7 Å². The molecule has 0 spiro atoms. The van der Waals surface area contributed by atoms with Gasteiger partial charge in [0, 0.05) is 40.3 Å². The minimum Gasteiger partial charge on any atom is -0.135 e. The topological polar surface area (TPSA) is 0 Å². The number of fused-ring (bicyclic) bond motifs is 8. The Morgan fingerprint density at radius 2 is 0.825 bits per heavy atom. The Morgan fingerprint density at radius 1 is 0.400 bits per heavy atom. The Bertz CT molecular complexity index is 1840. The number of aryl methyl sites for hydroxylation is 2. The monoisotopic (exact) mass is 558 g/mol. The number of hydrogen-bond donors (Lipinski definition) is 0. The van der Waals surface area contributed by atoms with Crippen molar-refractivity contribution in [2.24, 2.45) is 0 Å². The quantitative estimate of drug-likeness (QED) is 0.146. The Balaban J connectivity index is 1.28. The van der Waals surface area contributed by atoms with Gasteiger partial charge in [-0.2, -0.15) is 0 Å². The van der Waals surface area contributed by atoms with Crippen LogP contribution >= 0.6 is 22.7 Å². The zero-order chi connectivity index (χ0) is 27.1. The molecule has 0 aliphatic carbocycles. The van der Waals surface area contributed by atoms with Gasteiger partial charge in [-0.25, -0.2) is 0 Å². The van der Waals surface area contributed by atoms with E-state index in [0.717, 1.165) is 0 Å². The van der Waals surface area contributed by atoms with Crippen LogP contribution in [0.4, 0.5) is 0 Å². The Hall–Kier alpha value is -2.94. The normalized spacial score (nSPS) is 12.2. The van der Waals surface area contributed by atoms with Gasteiger partial charge in [0.25, 0.3) is 0 Å². The molecule has 0 saturated heterocycles. The highest BCUT2D eigenvalue weighted by molar-refractivity contribution is 7.27. The first-order valence-electron chi connectivity index (χ1n) is 15.4. The summed E-state index contributed by atoms with van der Waals surface area (Å²) in [5, 5.41) is 11.1. The maximum absolute atomic E-state index is 2.47. The van der Waals surface area contributed by atoms with Crippen molar-refractivity contribution >= 4 is 84.6 Å². The van der Waals surface area contributed by atoms with Crippen molar-refractivity contribution in [3.63, 3.8) is 0 Å². The first-order chi connectivity index (χ1) is 19.7. The van der Waals surface area contributed by atoms with Crippen LogP contribution in [-0.2, 0) is 12.8 Å². The van der Waals surface area contributed by atoms with Crippen molar-refractivity contribution in [3.8, 4) is 0 Å². The second kappa shape index (κ2) is 11.1. The maximum atomic E-state index is 2.47. The fourth-order valence-electron chi connectivity index (χ4n) is 6.45. The Kier molecular flexibility index (Phi) is 7.24. The standard InChI is InChI=1S/C38H38S2/c1-3-5-7-9-11-25-13-15-27-21-35-31(19-29(27)17-25)33-23-38-34(24-37(33)39-35)32-20-30-18-26(12-10-8-6-4-2)14-16-28(30)22-36(32)40-38/h13-24H,3-12H2,1-2H3. The minimum absolute atomic E-state index is 1.19. The second-order valence-corrected chi connectivity index (χ2v) is 13.9. The summed E-state index contributed by atoms with van der Waals surface area (Å²) in [6, 6.07) is 28.9. The summed E-state index contributed by atoms with van der Waals surface area (Å²) in [5.74, 6) is 0. The van der Waals surface area contributed by atoms with Crippen molar-refractivity contribution in [2.75, 3.05) is 0 Å². The molecule has 0 N–H and O–H groups in total. The zero-order valence-electron chi connectivity index (χ0n) is 23.8. The van der Waals surface area contributed by atoms with Crippen LogP contribution in [0.2, 0.25) is 0 Å². The van der Waals surface area contributed by atoms with E-state index in [9.17, 15) is 0 Å². The van der Waals surface area contributed by atoms with Gasteiger partial charge in [-0.15, -0.1) is 22.7 Å². The van der Waals surface area contributed by atoms with E-state index in [1.165, 1.54) is 137 Å². The van der Waals surface area contributed by atoms with Gasteiger partial charge >= 0.3 is 0 Å². The number of hydrogen-bond acceptors (Lipinski definition) is 2. The highest BCUT2D eigenvalue weighted by atomic mass is 32.1.